The number of anilines is 2. The first-order valence-electron chi connectivity index (χ1n) is 5.35. The first kappa shape index (κ1) is 13.8. The first-order valence-corrected chi connectivity index (χ1v) is 7.00. The minimum Gasteiger partial charge on any atom is -0.399 e. The van der Waals surface area contributed by atoms with Crippen LogP contribution in [0, 0.1) is 11.7 Å². The number of nitrogens with one attached hydrogen (secondary N) is 1. The van der Waals surface area contributed by atoms with Crippen molar-refractivity contribution in [2.45, 2.75) is 20.3 Å². The van der Waals surface area contributed by atoms with Crippen molar-refractivity contribution in [2.24, 2.45) is 5.92 Å². The zero-order chi connectivity index (χ0) is 13.1. The lowest BCUT2D eigenvalue weighted by Crippen LogP contribution is -2.18. The van der Waals surface area contributed by atoms with Crippen molar-refractivity contribution in [1.82, 2.24) is 0 Å². The van der Waals surface area contributed by atoms with Gasteiger partial charge in [0, 0.05) is 5.69 Å². The highest BCUT2D eigenvalue weighted by molar-refractivity contribution is 7.92. The molecular formula is C11H17FN2O2S. The Balaban J connectivity index is 2.76. The van der Waals surface area contributed by atoms with Gasteiger partial charge in [0.15, 0.2) is 0 Å². The molecule has 1 aromatic rings. The molecular weight excluding hydrogens is 243 g/mol. The van der Waals surface area contributed by atoms with E-state index in [0.29, 0.717) is 12.3 Å². The van der Waals surface area contributed by atoms with Gasteiger partial charge in [0.2, 0.25) is 10.0 Å². The fourth-order valence-corrected chi connectivity index (χ4v) is 2.65. The third kappa shape index (κ3) is 5.04. The summed E-state index contributed by atoms with van der Waals surface area (Å²) in [5.74, 6) is -0.253. The van der Waals surface area contributed by atoms with Crippen molar-refractivity contribution >= 4 is 21.4 Å². The molecule has 17 heavy (non-hydrogen) atoms. The van der Waals surface area contributed by atoms with E-state index in [1.54, 1.807) is 0 Å². The summed E-state index contributed by atoms with van der Waals surface area (Å²) in [5.41, 5.74) is 5.77. The molecule has 0 unspecified atom stereocenters. The molecule has 0 heterocycles. The van der Waals surface area contributed by atoms with Gasteiger partial charge in [0.1, 0.15) is 5.82 Å². The molecule has 3 N–H and O–H groups in total. The van der Waals surface area contributed by atoms with Crippen molar-refractivity contribution in [3.8, 4) is 0 Å². The van der Waals surface area contributed by atoms with Gasteiger partial charge in [-0.1, -0.05) is 13.8 Å². The van der Waals surface area contributed by atoms with Crippen LogP contribution in [-0.4, -0.2) is 14.2 Å². The molecule has 0 atom stereocenters. The van der Waals surface area contributed by atoms with Crippen LogP contribution in [0.1, 0.15) is 20.3 Å². The number of nitrogens with two attached hydrogens (primary N) is 1. The lowest BCUT2D eigenvalue weighted by molar-refractivity contribution is 0.578. The average Bonchev–Trinajstić information content (AvgIpc) is 2.12. The summed E-state index contributed by atoms with van der Waals surface area (Å²) in [7, 11) is -3.44. The summed E-state index contributed by atoms with van der Waals surface area (Å²) >= 11 is 0. The molecule has 1 aromatic carbocycles. The zero-order valence-electron chi connectivity index (χ0n) is 9.90. The largest absolute Gasteiger partial charge is 0.399 e. The van der Waals surface area contributed by atoms with E-state index >= 15 is 0 Å². The van der Waals surface area contributed by atoms with Crippen LogP contribution in [0.15, 0.2) is 18.2 Å². The van der Waals surface area contributed by atoms with Crippen LogP contribution < -0.4 is 10.5 Å². The van der Waals surface area contributed by atoms with E-state index in [9.17, 15) is 12.8 Å². The van der Waals surface area contributed by atoms with Crippen LogP contribution in [0.5, 0.6) is 0 Å². The maximum absolute atomic E-state index is 13.0. The van der Waals surface area contributed by atoms with E-state index in [4.69, 9.17) is 5.73 Å². The van der Waals surface area contributed by atoms with Gasteiger partial charge in [-0.05, 0) is 30.5 Å². The number of rotatable bonds is 5. The Morgan fingerprint density at radius 3 is 2.53 bits per heavy atom. The van der Waals surface area contributed by atoms with Crippen LogP contribution in [0.25, 0.3) is 0 Å². The fraction of sp³-hybridized carbons (Fsp3) is 0.455. The van der Waals surface area contributed by atoms with Gasteiger partial charge in [-0.15, -0.1) is 0 Å². The molecule has 0 spiro atoms. The molecule has 0 aromatic heterocycles. The predicted octanol–water partition coefficient (Wildman–Crippen LogP) is 2.20. The minimum atomic E-state index is -3.44. The van der Waals surface area contributed by atoms with Gasteiger partial charge in [-0.25, -0.2) is 12.8 Å². The molecule has 0 saturated carbocycles. The van der Waals surface area contributed by atoms with Crippen LogP contribution in [0.4, 0.5) is 15.8 Å². The number of sulfonamides is 1. The maximum Gasteiger partial charge on any atom is 0.232 e. The molecule has 0 aliphatic heterocycles. The Bertz CT molecular complexity index is 466. The molecule has 1 rings (SSSR count). The Morgan fingerprint density at radius 2 is 2.00 bits per heavy atom. The van der Waals surface area contributed by atoms with Gasteiger partial charge < -0.3 is 5.73 Å². The SMILES string of the molecule is CC(C)CCS(=O)(=O)Nc1cc(N)cc(F)c1. The lowest BCUT2D eigenvalue weighted by Gasteiger charge is -2.10. The van der Waals surface area contributed by atoms with Crippen molar-refractivity contribution in [1.29, 1.82) is 0 Å². The average molecular weight is 260 g/mol. The quantitative estimate of drug-likeness (QED) is 0.797. The fourth-order valence-electron chi connectivity index (χ4n) is 1.29. The maximum atomic E-state index is 13.0. The second-order valence-electron chi connectivity index (χ2n) is 4.38. The van der Waals surface area contributed by atoms with Crippen LogP contribution in [0.2, 0.25) is 0 Å². The Morgan fingerprint density at radius 1 is 1.35 bits per heavy atom. The third-order valence-corrected chi connectivity index (χ3v) is 3.48. The summed E-state index contributed by atoms with van der Waals surface area (Å²) < 4.78 is 38.6. The van der Waals surface area contributed by atoms with Crippen LogP contribution in [-0.2, 0) is 10.0 Å². The second kappa shape index (κ2) is 5.35. The second-order valence-corrected chi connectivity index (χ2v) is 6.22. The molecule has 0 aliphatic rings. The van der Waals surface area contributed by atoms with Gasteiger partial charge in [-0.2, -0.15) is 0 Å². The van der Waals surface area contributed by atoms with Crippen LogP contribution >= 0.6 is 0 Å². The standard InChI is InChI=1S/C11H17FN2O2S/c1-8(2)3-4-17(15,16)14-11-6-9(12)5-10(13)7-11/h5-8,14H,3-4,13H2,1-2H3. The van der Waals surface area contributed by atoms with Crippen molar-refractivity contribution in [2.75, 3.05) is 16.2 Å². The molecule has 96 valence electrons. The van der Waals surface area contributed by atoms with Gasteiger partial charge >= 0.3 is 0 Å². The Hall–Kier alpha value is -1.30. The molecule has 0 saturated heterocycles. The van der Waals surface area contributed by atoms with Gasteiger partial charge in [0.25, 0.3) is 0 Å². The molecule has 0 bridgehead atoms. The highest BCUT2D eigenvalue weighted by atomic mass is 32.2. The number of nitrogen functional groups attached to an aromatic ring is 1. The van der Waals surface area contributed by atoms with E-state index in [1.807, 2.05) is 13.8 Å². The number of benzene rings is 1. The minimum absolute atomic E-state index is 0.0150. The molecule has 0 amide bonds. The van der Waals surface area contributed by atoms with E-state index < -0.39 is 15.8 Å². The Labute approximate surface area is 101 Å². The summed E-state index contributed by atoms with van der Waals surface area (Å²) in [6.45, 7) is 3.88. The van der Waals surface area contributed by atoms with E-state index in [2.05, 4.69) is 4.72 Å². The summed E-state index contributed by atoms with van der Waals surface area (Å²) in [4.78, 5) is 0. The van der Waals surface area contributed by atoms with E-state index in [-0.39, 0.29) is 17.1 Å². The highest BCUT2D eigenvalue weighted by Crippen LogP contribution is 2.17. The number of hydrogen-bond donors (Lipinski definition) is 2. The topological polar surface area (TPSA) is 72.2 Å². The van der Waals surface area contributed by atoms with E-state index in [0.717, 1.165) is 12.1 Å². The normalized spacial score (nSPS) is 11.8. The third-order valence-electron chi connectivity index (χ3n) is 2.16. The monoisotopic (exact) mass is 260 g/mol. The Kier molecular flexibility index (Phi) is 4.34. The van der Waals surface area contributed by atoms with Gasteiger partial charge in [-0.3, -0.25) is 4.72 Å². The molecule has 0 radical (unpaired) electrons. The number of halogens is 1. The van der Waals surface area contributed by atoms with Crippen molar-refractivity contribution < 1.29 is 12.8 Å². The molecule has 0 aliphatic carbocycles. The van der Waals surface area contributed by atoms with E-state index in [1.165, 1.54) is 6.07 Å². The van der Waals surface area contributed by atoms with Crippen LogP contribution in [0.3, 0.4) is 0 Å². The smallest absolute Gasteiger partial charge is 0.232 e. The summed E-state index contributed by atoms with van der Waals surface area (Å²) in [6, 6.07) is 3.62. The summed E-state index contributed by atoms with van der Waals surface area (Å²) in [5, 5.41) is 0. The van der Waals surface area contributed by atoms with Crippen molar-refractivity contribution in [3.63, 3.8) is 0 Å². The predicted molar refractivity (Wildman–Crippen MR) is 67.7 cm³/mol. The highest BCUT2D eigenvalue weighted by Gasteiger charge is 2.12. The lowest BCUT2D eigenvalue weighted by atomic mass is 10.2. The number of hydrogen-bond acceptors (Lipinski definition) is 3. The van der Waals surface area contributed by atoms with Crippen molar-refractivity contribution in [3.05, 3.63) is 24.0 Å². The van der Waals surface area contributed by atoms with Gasteiger partial charge in [0.05, 0.1) is 11.4 Å². The molecule has 4 nitrogen and oxygen atoms in total. The molecule has 0 fully saturated rings. The molecule has 6 heteroatoms. The summed E-state index contributed by atoms with van der Waals surface area (Å²) in [6.07, 6.45) is 0.556. The zero-order valence-corrected chi connectivity index (χ0v) is 10.7. The first-order chi connectivity index (χ1) is 7.78.